The molecular formula is C15H13N3O2S. The van der Waals surface area contributed by atoms with E-state index < -0.39 is 5.91 Å². The van der Waals surface area contributed by atoms with Gasteiger partial charge in [0.25, 0.3) is 5.91 Å². The number of nitrogens with one attached hydrogen (secondary N) is 1. The van der Waals surface area contributed by atoms with Crippen LogP contribution in [0.3, 0.4) is 0 Å². The van der Waals surface area contributed by atoms with Gasteiger partial charge in [-0.2, -0.15) is 0 Å². The van der Waals surface area contributed by atoms with Crippen molar-refractivity contribution in [3.8, 4) is 0 Å². The van der Waals surface area contributed by atoms with Gasteiger partial charge in [0.05, 0.1) is 0 Å². The number of carbonyl (C=O) groups excluding carboxylic acids is 2. The van der Waals surface area contributed by atoms with Gasteiger partial charge in [-0.15, -0.1) is 0 Å². The minimum absolute atomic E-state index is 0.267. The maximum absolute atomic E-state index is 12.0. The molecule has 0 aliphatic heterocycles. The molecule has 106 valence electrons. The predicted octanol–water partition coefficient (Wildman–Crippen LogP) is 1.67. The first-order chi connectivity index (χ1) is 9.97. The Labute approximate surface area is 126 Å². The number of primary amides is 1. The molecule has 0 aliphatic rings. The molecule has 0 unspecified atom stereocenters. The van der Waals surface area contributed by atoms with Gasteiger partial charge in [0.2, 0.25) is 5.91 Å². The number of benzene rings is 2. The summed E-state index contributed by atoms with van der Waals surface area (Å²) in [6, 6.07) is 13.0. The fourth-order valence-corrected chi connectivity index (χ4v) is 1.84. The fourth-order valence-electron chi connectivity index (χ4n) is 1.71. The van der Waals surface area contributed by atoms with Crippen molar-refractivity contribution >= 4 is 34.7 Å². The third-order valence-corrected chi connectivity index (χ3v) is 3.09. The van der Waals surface area contributed by atoms with Gasteiger partial charge in [0.15, 0.2) is 0 Å². The Kier molecular flexibility index (Phi) is 4.30. The normalized spacial score (nSPS) is 9.90. The summed E-state index contributed by atoms with van der Waals surface area (Å²) in [5, 5.41) is 2.72. The molecule has 0 saturated heterocycles. The summed E-state index contributed by atoms with van der Waals surface area (Å²) in [5.41, 5.74) is 12.8. The minimum atomic E-state index is -0.513. The van der Waals surface area contributed by atoms with Gasteiger partial charge in [-0.05, 0) is 36.4 Å². The first-order valence-corrected chi connectivity index (χ1v) is 6.49. The highest BCUT2D eigenvalue weighted by Gasteiger charge is 2.07. The second-order valence-corrected chi connectivity index (χ2v) is 4.78. The summed E-state index contributed by atoms with van der Waals surface area (Å²) in [4.78, 5) is 23.3. The Bertz CT molecular complexity index is 694. The number of anilines is 1. The third kappa shape index (κ3) is 3.64. The molecule has 2 amide bonds. The van der Waals surface area contributed by atoms with E-state index in [4.69, 9.17) is 23.7 Å². The van der Waals surface area contributed by atoms with Gasteiger partial charge < -0.3 is 16.8 Å². The molecule has 21 heavy (non-hydrogen) atoms. The monoisotopic (exact) mass is 299 g/mol. The quantitative estimate of drug-likeness (QED) is 0.748. The molecule has 5 nitrogen and oxygen atoms in total. The van der Waals surface area contributed by atoms with Crippen molar-refractivity contribution in [2.24, 2.45) is 11.5 Å². The first-order valence-electron chi connectivity index (χ1n) is 6.08. The van der Waals surface area contributed by atoms with Crippen LogP contribution in [-0.4, -0.2) is 16.8 Å². The van der Waals surface area contributed by atoms with E-state index in [9.17, 15) is 9.59 Å². The van der Waals surface area contributed by atoms with Crippen LogP contribution in [0.4, 0.5) is 5.69 Å². The summed E-state index contributed by atoms with van der Waals surface area (Å²) in [6.45, 7) is 0. The third-order valence-electron chi connectivity index (χ3n) is 2.86. The van der Waals surface area contributed by atoms with Gasteiger partial charge in [-0.3, -0.25) is 9.59 Å². The number of rotatable bonds is 4. The molecule has 0 spiro atoms. The van der Waals surface area contributed by atoms with Crippen molar-refractivity contribution in [3.63, 3.8) is 0 Å². The van der Waals surface area contributed by atoms with Crippen molar-refractivity contribution in [2.45, 2.75) is 0 Å². The van der Waals surface area contributed by atoms with Gasteiger partial charge in [0.1, 0.15) is 4.99 Å². The van der Waals surface area contributed by atoms with E-state index in [1.54, 1.807) is 48.5 Å². The van der Waals surface area contributed by atoms with Gasteiger partial charge >= 0.3 is 0 Å². The average Bonchev–Trinajstić information content (AvgIpc) is 2.47. The van der Waals surface area contributed by atoms with Gasteiger partial charge in [-0.25, -0.2) is 0 Å². The maximum atomic E-state index is 12.0. The second-order valence-electron chi connectivity index (χ2n) is 4.34. The van der Waals surface area contributed by atoms with Crippen molar-refractivity contribution in [1.82, 2.24) is 0 Å². The first kappa shape index (κ1) is 14.7. The zero-order chi connectivity index (χ0) is 15.4. The Morgan fingerprint density at radius 3 is 1.76 bits per heavy atom. The van der Waals surface area contributed by atoms with E-state index >= 15 is 0 Å². The number of amides is 2. The number of thiocarbonyl (C=S) groups is 1. The number of nitrogens with two attached hydrogens (primary N) is 2. The Morgan fingerprint density at radius 1 is 0.810 bits per heavy atom. The molecule has 0 radical (unpaired) electrons. The molecule has 0 fully saturated rings. The van der Waals surface area contributed by atoms with Crippen LogP contribution in [0.25, 0.3) is 0 Å². The average molecular weight is 299 g/mol. The molecule has 2 rings (SSSR count). The maximum Gasteiger partial charge on any atom is 0.255 e. The molecule has 0 bridgehead atoms. The van der Waals surface area contributed by atoms with Crippen LogP contribution >= 0.6 is 12.2 Å². The summed E-state index contributed by atoms with van der Waals surface area (Å²) >= 11 is 4.85. The van der Waals surface area contributed by atoms with Crippen LogP contribution in [0.2, 0.25) is 0 Å². The van der Waals surface area contributed by atoms with Crippen LogP contribution in [0.1, 0.15) is 26.3 Å². The summed E-state index contributed by atoms with van der Waals surface area (Å²) in [7, 11) is 0. The van der Waals surface area contributed by atoms with E-state index in [1.807, 2.05) is 0 Å². The van der Waals surface area contributed by atoms with E-state index in [1.165, 1.54) is 0 Å². The van der Waals surface area contributed by atoms with Crippen molar-refractivity contribution in [1.29, 1.82) is 0 Å². The standard InChI is InChI=1S/C15H13N3O2S/c16-13(19)9-5-7-12(8-6-9)18-15(20)11-3-1-10(2-4-11)14(17)21/h1-8H,(H2,16,19)(H2,17,21)(H,18,20). The number of carbonyl (C=O) groups is 2. The van der Waals surface area contributed by atoms with Crippen molar-refractivity contribution < 1.29 is 9.59 Å². The molecule has 5 N–H and O–H groups in total. The highest BCUT2D eigenvalue weighted by Crippen LogP contribution is 2.12. The Morgan fingerprint density at radius 2 is 1.29 bits per heavy atom. The van der Waals surface area contributed by atoms with E-state index in [0.29, 0.717) is 22.4 Å². The molecule has 2 aromatic rings. The molecule has 0 atom stereocenters. The van der Waals surface area contributed by atoms with E-state index in [-0.39, 0.29) is 10.9 Å². The summed E-state index contributed by atoms with van der Waals surface area (Å²) < 4.78 is 0. The predicted molar refractivity (Wildman–Crippen MR) is 85.2 cm³/mol. The molecule has 0 aliphatic carbocycles. The minimum Gasteiger partial charge on any atom is -0.389 e. The smallest absolute Gasteiger partial charge is 0.255 e. The van der Waals surface area contributed by atoms with Crippen molar-refractivity contribution in [3.05, 3.63) is 65.2 Å². The zero-order valence-electron chi connectivity index (χ0n) is 11.0. The number of hydrogen-bond donors (Lipinski definition) is 3. The summed E-state index contributed by atoms with van der Waals surface area (Å²) in [6.07, 6.45) is 0. The molecule has 0 saturated carbocycles. The Hall–Kier alpha value is -2.73. The lowest BCUT2D eigenvalue weighted by molar-refractivity contribution is 0.0998. The van der Waals surface area contributed by atoms with Crippen LogP contribution in [-0.2, 0) is 0 Å². The lowest BCUT2D eigenvalue weighted by Crippen LogP contribution is -2.14. The van der Waals surface area contributed by atoms with E-state index in [2.05, 4.69) is 5.32 Å². The molecular weight excluding hydrogens is 286 g/mol. The van der Waals surface area contributed by atoms with Crippen LogP contribution in [0.15, 0.2) is 48.5 Å². The van der Waals surface area contributed by atoms with Crippen LogP contribution in [0.5, 0.6) is 0 Å². The number of hydrogen-bond acceptors (Lipinski definition) is 3. The van der Waals surface area contributed by atoms with Gasteiger partial charge in [0, 0.05) is 22.4 Å². The molecule has 0 heterocycles. The Balaban J connectivity index is 2.10. The SMILES string of the molecule is NC(=O)c1ccc(NC(=O)c2ccc(C(N)=S)cc2)cc1. The molecule has 2 aromatic carbocycles. The van der Waals surface area contributed by atoms with Gasteiger partial charge in [-0.1, -0.05) is 24.4 Å². The van der Waals surface area contributed by atoms with Crippen LogP contribution < -0.4 is 16.8 Å². The molecule has 0 aromatic heterocycles. The van der Waals surface area contributed by atoms with E-state index in [0.717, 1.165) is 0 Å². The highest BCUT2D eigenvalue weighted by atomic mass is 32.1. The lowest BCUT2D eigenvalue weighted by atomic mass is 10.1. The van der Waals surface area contributed by atoms with Crippen molar-refractivity contribution in [2.75, 3.05) is 5.32 Å². The fraction of sp³-hybridized carbons (Fsp3) is 0. The lowest BCUT2D eigenvalue weighted by Gasteiger charge is -2.06. The zero-order valence-corrected chi connectivity index (χ0v) is 11.8. The highest BCUT2D eigenvalue weighted by molar-refractivity contribution is 7.80. The largest absolute Gasteiger partial charge is 0.389 e. The van der Waals surface area contributed by atoms with Crippen LogP contribution in [0, 0.1) is 0 Å². The summed E-state index contributed by atoms with van der Waals surface area (Å²) in [5.74, 6) is -0.780. The second kappa shape index (κ2) is 6.15. The molecule has 6 heteroatoms. The topological polar surface area (TPSA) is 98.2 Å².